The van der Waals surface area contributed by atoms with E-state index in [0.717, 1.165) is 25.9 Å². The van der Waals surface area contributed by atoms with Crippen molar-refractivity contribution in [2.75, 3.05) is 20.1 Å². The highest BCUT2D eigenvalue weighted by atomic mass is 16.2. The summed E-state index contributed by atoms with van der Waals surface area (Å²) in [5, 5.41) is 3.32. The predicted molar refractivity (Wildman–Crippen MR) is 73.1 cm³/mol. The number of benzene rings is 1. The molecule has 0 aliphatic carbocycles. The van der Waals surface area contributed by atoms with E-state index in [0.29, 0.717) is 6.54 Å². The highest BCUT2D eigenvalue weighted by Gasteiger charge is 2.40. The second kappa shape index (κ2) is 5.53. The van der Waals surface area contributed by atoms with E-state index < -0.39 is 0 Å². The summed E-state index contributed by atoms with van der Waals surface area (Å²) >= 11 is 0. The smallest absolute Gasteiger partial charge is 0.230 e. The van der Waals surface area contributed by atoms with Crippen LogP contribution in [0.1, 0.15) is 25.3 Å². The number of nitrogens with one attached hydrogen (secondary N) is 1. The Bertz CT molecular complexity index is 396. The molecule has 1 heterocycles. The third kappa shape index (κ3) is 2.56. The van der Waals surface area contributed by atoms with Gasteiger partial charge in [-0.3, -0.25) is 4.79 Å². The molecule has 3 heteroatoms. The largest absolute Gasteiger partial charge is 0.341 e. The molecule has 0 saturated carbocycles. The molecule has 0 bridgehead atoms. The first-order valence-electron chi connectivity index (χ1n) is 6.68. The highest BCUT2D eigenvalue weighted by molar-refractivity contribution is 5.83. The molecule has 0 aromatic heterocycles. The van der Waals surface area contributed by atoms with Gasteiger partial charge in [-0.05, 0) is 24.9 Å². The fourth-order valence-corrected chi connectivity index (χ4v) is 2.71. The van der Waals surface area contributed by atoms with E-state index >= 15 is 0 Å². The first-order chi connectivity index (χ1) is 8.68. The summed E-state index contributed by atoms with van der Waals surface area (Å²) in [6.45, 7) is 4.59. The van der Waals surface area contributed by atoms with Crippen molar-refractivity contribution in [3.8, 4) is 0 Å². The van der Waals surface area contributed by atoms with Gasteiger partial charge in [0.1, 0.15) is 0 Å². The standard InChI is InChI=1S/C15H22N2O/c1-3-15(9-10-16-12-15)14(18)17(2)11-13-7-5-4-6-8-13/h4-8,16H,3,9-12H2,1-2H3. The van der Waals surface area contributed by atoms with Crippen LogP contribution in [0.2, 0.25) is 0 Å². The van der Waals surface area contributed by atoms with Crippen LogP contribution in [0, 0.1) is 5.41 Å². The first-order valence-corrected chi connectivity index (χ1v) is 6.68. The minimum absolute atomic E-state index is 0.177. The quantitative estimate of drug-likeness (QED) is 0.881. The molecule has 2 rings (SSSR count). The van der Waals surface area contributed by atoms with Crippen molar-refractivity contribution >= 4 is 5.91 Å². The molecule has 3 nitrogen and oxygen atoms in total. The van der Waals surface area contributed by atoms with Gasteiger partial charge in [0.05, 0.1) is 5.41 Å². The van der Waals surface area contributed by atoms with Crippen LogP contribution in [0.4, 0.5) is 0 Å². The predicted octanol–water partition coefficient (Wildman–Crippen LogP) is 2.03. The topological polar surface area (TPSA) is 32.3 Å². The summed E-state index contributed by atoms with van der Waals surface area (Å²) in [7, 11) is 1.91. The molecule has 1 N–H and O–H groups in total. The molecule has 1 aliphatic rings. The Kier molecular flexibility index (Phi) is 4.02. The minimum atomic E-state index is -0.177. The van der Waals surface area contributed by atoms with E-state index in [-0.39, 0.29) is 11.3 Å². The molecular weight excluding hydrogens is 224 g/mol. The molecule has 18 heavy (non-hydrogen) atoms. The van der Waals surface area contributed by atoms with Crippen LogP contribution in [0.5, 0.6) is 0 Å². The fraction of sp³-hybridized carbons (Fsp3) is 0.533. The van der Waals surface area contributed by atoms with Crippen molar-refractivity contribution in [1.82, 2.24) is 10.2 Å². The molecule has 1 amide bonds. The lowest BCUT2D eigenvalue weighted by molar-refractivity contribution is -0.140. The third-order valence-electron chi connectivity index (χ3n) is 3.98. The van der Waals surface area contributed by atoms with E-state index in [1.54, 1.807) is 0 Å². The lowest BCUT2D eigenvalue weighted by Gasteiger charge is -2.31. The van der Waals surface area contributed by atoms with Gasteiger partial charge in [-0.25, -0.2) is 0 Å². The molecule has 98 valence electrons. The van der Waals surface area contributed by atoms with Crippen LogP contribution >= 0.6 is 0 Å². The molecule has 1 saturated heterocycles. The summed E-state index contributed by atoms with van der Waals surface area (Å²) in [6, 6.07) is 10.2. The number of carbonyl (C=O) groups is 1. The molecular formula is C15H22N2O. The zero-order valence-electron chi connectivity index (χ0n) is 11.3. The lowest BCUT2D eigenvalue weighted by atomic mass is 9.83. The molecule has 1 fully saturated rings. The molecule has 1 aromatic rings. The zero-order chi connectivity index (χ0) is 13.0. The number of carbonyl (C=O) groups excluding carboxylic acids is 1. The van der Waals surface area contributed by atoms with Gasteiger partial charge in [-0.15, -0.1) is 0 Å². The van der Waals surface area contributed by atoms with Gasteiger partial charge in [0.2, 0.25) is 5.91 Å². The van der Waals surface area contributed by atoms with E-state index in [4.69, 9.17) is 0 Å². The summed E-state index contributed by atoms with van der Waals surface area (Å²) < 4.78 is 0. The Morgan fingerprint density at radius 2 is 2.11 bits per heavy atom. The Morgan fingerprint density at radius 1 is 1.39 bits per heavy atom. The molecule has 1 unspecified atom stereocenters. The van der Waals surface area contributed by atoms with E-state index in [1.165, 1.54) is 5.56 Å². The minimum Gasteiger partial charge on any atom is -0.341 e. The third-order valence-corrected chi connectivity index (χ3v) is 3.98. The van der Waals surface area contributed by atoms with Crippen molar-refractivity contribution in [3.63, 3.8) is 0 Å². The number of amides is 1. The van der Waals surface area contributed by atoms with Crippen molar-refractivity contribution in [2.24, 2.45) is 5.41 Å². The maximum absolute atomic E-state index is 12.6. The second-order valence-corrected chi connectivity index (χ2v) is 5.21. The van der Waals surface area contributed by atoms with Gasteiger partial charge in [-0.2, -0.15) is 0 Å². The van der Waals surface area contributed by atoms with Gasteiger partial charge in [0.15, 0.2) is 0 Å². The van der Waals surface area contributed by atoms with Crippen LogP contribution in [-0.4, -0.2) is 30.9 Å². The number of nitrogens with zero attached hydrogens (tertiary/aromatic N) is 1. The summed E-state index contributed by atoms with van der Waals surface area (Å²) in [5.41, 5.74) is 1.01. The Hall–Kier alpha value is -1.35. The van der Waals surface area contributed by atoms with E-state index in [1.807, 2.05) is 30.1 Å². The van der Waals surface area contributed by atoms with Gasteiger partial charge < -0.3 is 10.2 Å². The van der Waals surface area contributed by atoms with Gasteiger partial charge in [0, 0.05) is 20.1 Å². The van der Waals surface area contributed by atoms with E-state index in [9.17, 15) is 4.79 Å². The average molecular weight is 246 g/mol. The molecule has 1 atom stereocenters. The summed E-state index contributed by atoms with van der Waals surface area (Å²) in [6.07, 6.45) is 1.87. The molecule has 0 spiro atoms. The van der Waals surface area contributed by atoms with Crippen molar-refractivity contribution in [1.29, 1.82) is 0 Å². The Morgan fingerprint density at radius 3 is 2.67 bits per heavy atom. The lowest BCUT2D eigenvalue weighted by Crippen LogP contribution is -2.42. The fourth-order valence-electron chi connectivity index (χ4n) is 2.71. The summed E-state index contributed by atoms with van der Waals surface area (Å²) in [4.78, 5) is 14.5. The maximum atomic E-state index is 12.6. The normalized spacial score (nSPS) is 23.0. The van der Waals surface area contributed by atoms with Crippen molar-refractivity contribution in [2.45, 2.75) is 26.3 Å². The monoisotopic (exact) mass is 246 g/mol. The Balaban J connectivity index is 2.04. The summed E-state index contributed by atoms with van der Waals surface area (Å²) in [5.74, 6) is 0.277. The van der Waals surface area contributed by atoms with Gasteiger partial charge in [0.25, 0.3) is 0 Å². The zero-order valence-corrected chi connectivity index (χ0v) is 11.3. The van der Waals surface area contributed by atoms with Gasteiger partial charge >= 0.3 is 0 Å². The van der Waals surface area contributed by atoms with Crippen LogP contribution < -0.4 is 5.32 Å². The SMILES string of the molecule is CCC1(C(=O)N(C)Cc2ccccc2)CCNC1. The number of hydrogen-bond donors (Lipinski definition) is 1. The van der Waals surface area contributed by atoms with Crippen LogP contribution in [0.15, 0.2) is 30.3 Å². The van der Waals surface area contributed by atoms with Crippen molar-refractivity contribution in [3.05, 3.63) is 35.9 Å². The van der Waals surface area contributed by atoms with Crippen LogP contribution in [0.25, 0.3) is 0 Å². The average Bonchev–Trinajstić information content (AvgIpc) is 2.89. The second-order valence-electron chi connectivity index (χ2n) is 5.21. The molecule has 1 aliphatic heterocycles. The van der Waals surface area contributed by atoms with Crippen molar-refractivity contribution < 1.29 is 4.79 Å². The molecule has 0 radical (unpaired) electrons. The van der Waals surface area contributed by atoms with Gasteiger partial charge in [-0.1, -0.05) is 37.3 Å². The van der Waals surface area contributed by atoms with E-state index in [2.05, 4.69) is 24.4 Å². The Labute approximate surface area is 109 Å². The maximum Gasteiger partial charge on any atom is 0.230 e. The van der Waals surface area contributed by atoms with Crippen LogP contribution in [0.3, 0.4) is 0 Å². The number of hydrogen-bond acceptors (Lipinski definition) is 2. The van der Waals surface area contributed by atoms with Crippen LogP contribution in [-0.2, 0) is 11.3 Å². The molecule has 1 aromatic carbocycles. The number of rotatable bonds is 4. The first kappa shape index (κ1) is 13.1. The highest BCUT2D eigenvalue weighted by Crippen LogP contribution is 2.31.